The number of amides is 1. The number of nitriles is 1. The average Bonchev–Trinajstić information content (AvgIpc) is 2.53. The summed E-state index contributed by atoms with van der Waals surface area (Å²) < 4.78 is 14.6. The van der Waals surface area contributed by atoms with E-state index in [4.69, 9.17) is 16.9 Å². The van der Waals surface area contributed by atoms with Crippen molar-refractivity contribution in [3.05, 3.63) is 40.9 Å². The van der Waals surface area contributed by atoms with Crippen LogP contribution in [0.3, 0.4) is 0 Å². The minimum atomic E-state index is -0.680. The molecule has 1 aromatic heterocycles. The number of hydrogen-bond donors (Lipinski definition) is 1. The van der Waals surface area contributed by atoms with Crippen molar-refractivity contribution < 1.29 is 9.18 Å². The van der Waals surface area contributed by atoms with E-state index in [1.807, 2.05) is 6.07 Å². The molecule has 0 radical (unpaired) electrons. The molecule has 0 bridgehead atoms. The summed E-state index contributed by atoms with van der Waals surface area (Å²) in [4.78, 5) is 21.3. The first-order chi connectivity index (χ1) is 11.6. The number of aromatic nitrogens is 2. The number of nitrogens with one attached hydrogen (secondary N) is 1. The van der Waals surface area contributed by atoms with Gasteiger partial charge in [0, 0.05) is 18.7 Å². The molecule has 1 aliphatic rings. The van der Waals surface area contributed by atoms with Gasteiger partial charge in [0.25, 0.3) is 0 Å². The summed E-state index contributed by atoms with van der Waals surface area (Å²) in [6, 6.07) is 6.49. The molecular formula is C16H13ClFN5O. The molecule has 3 rings (SSSR count). The predicted octanol–water partition coefficient (Wildman–Crippen LogP) is 2.45. The van der Waals surface area contributed by atoms with Gasteiger partial charge in [-0.15, -0.1) is 0 Å². The van der Waals surface area contributed by atoms with Gasteiger partial charge in [-0.1, -0.05) is 17.7 Å². The second-order valence-electron chi connectivity index (χ2n) is 5.28. The highest BCUT2D eigenvalue weighted by Crippen LogP contribution is 2.27. The van der Waals surface area contributed by atoms with Crippen LogP contribution >= 0.6 is 11.6 Å². The Morgan fingerprint density at radius 1 is 1.42 bits per heavy atom. The number of halogens is 2. The third-order valence-corrected chi connectivity index (χ3v) is 4.10. The number of benzene rings is 1. The Morgan fingerprint density at radius 2 is 2.21 bits per heavy atom. The van der Waals surface area contributed by atoms with Crippen molar-refractivity contribution in [1.29, 1.82) is 5.26 Å². The van der Waals surface area contributed by atoms with E-state index in [1.165, 1.54) is 18.5 Å². The molecule has 24 heavy (non-hydrogen) atoms. The maximum Gasteiger partial charge on any atom is 0.241 e. The number of nitrogens with zero attached hydrogens (tertiary/aromatic N) is 4. The molecule has 6 nitrogen and oxygen atoms in total. The van der Waals surface area contributed by atoms with Crippen molar-refractivity contribution >= 4 is 23.3 Å². The second kappa shape index (κ2) is 6.81. The van der Waals surface area contributed by atoms with E-state index < -0.39 is 5.82 Å². The van der Waals surface area contributed by atoms with Gasteiger partial charge < -0.3 is 10.2 Å². The first-order valence-corrected chi connectivity index (χ1v) is 7.70. The molecule has 0 aliphatic carbocycles. The largest absolute Gasteiger partial charge is 0.358 e. The van der Waals surface area contributed by atoms with Crippen molar-refractivity contribution in [2.45, 2.75) is 6.42 Å². The van der Waals surface area contributed by atoms with Crippen LogP contribution in [0.25, 0.3) is 11.3 Å². The Kier molecular flexibility index (Phi) is 4.58. The second-order valence-corrected chi connectivity index (χ2v) is 5.69. The zero-order valence-corrected chi connectivity index (χ0v) is 13.3. The van der Waals surface area contributed by atoms with Crippen LogP contribution < -0.4 is 5.32 Å². The van der Waals surface area contributed by atoms with Crippen LogP contribution in [-0.2, 0) is 4.79 Å². The van der Waals surface area contributed by atoms with E-state index in [9.17, 15) is 9.18 Å². The lowest BCUT2D eigenvalue weighted by Gasteiger charge is -2.30. The van der Waals surface area contributed by atoms with Crippen LogP contribution in [0.5, 0.6) is 0 Å². The van der Waals surface area contributed by atoms with Gasteiger partial charge in [0.2, 0.25) is 5.91 Å². The van der Waals surface area contributed by atoms with Crippen molar-refractivity contribution in [2.24, 2.45) is 0 Å². The molecule has 2 heterocycles. The van der Waals surface area contributed by atoms with Crippen molar-refractivity contribution in [2.75, 3.05) is 25.0 Å². The van der Waals surface area contributed by atoms with Crippen LogP contribution in [0, 0.1) is 17.1 Å². The Balaban J connectivity index is 1.83. The van der Waals surface area contributed by atoms with E-state index in [2.05, 4.69) is 15.3 Å². The molecule has 0 unspecified atom stereocenters. The van der Waals surface area contributed by atoms with Gasteiger partial charge in [-0.2, -0.15) is 5.26 Å². The summed E-state index contributed by atoms with van der Waals surface area (Å²) in [6.07, 6.45) is 2.20. The first kappa shape index (κ1) is 16.1. The highest BCUT2D eigenvalue weighted by Gasteiger charge is 2.21. The smallest absolute Gasteiger partial charge is 0.241 e. The maximum absolute atomic E-state index is 14.6. The Morgan fingerprint density at radius 3 is 2.88 bits per heavy atom. The minimum Gasteiger partial charge on any atom is -0.358 e. The van der Waals surface area contributed by atoms with Crippen LogP contribution in [0.2, 0.25) is 5.02 Å². The van der Waals surface area contributed by atoms with Gasteiger partial charge in [-0.25, -0.2) is 14.4 Å². The number of rotatable bonds is 4. The third kappa shape index (κ3) is 3.14. The monoisotopic (exact) mass is 345 g/mol. The number of anilines is 1. The molecule has 1 amide bonds. The molecule has 0 spiro atoms. The molecular weight excluding hydrogens is 333 g/mol. The van der Waals surface area contributed by atoms with E-state index >= 15 is 0 Å². The van der Waals surface area contributed by atoms with Crippen LogP contribution in [0.15, 0.2) is 24.5 Å². The number of carbonyl (C=O) groups is 1. The molecule has 0 saturated carbocycles. The summed E-state index contributed by atoms with van der Waals surface area (Å²) in [5.41, 5.74) is 0.680. The molecule has 0 atom stereocenters. The highest BCUT2D eigenvalue weighted by atomic mass is 35.5. The minimum absolute atomic E-state index is 0.0303. The van der Waals surface area contributed by atoms with Gasteiger partial charge >= 0.3 is 0 Å². The van der Waals surface area contributed by atoms with Gasteiger partial charge in [0.05, 0.1) is 17.1 Å². The molecule has 1 aliphatic heterocycles. The fourth-order valence-corrected chi connectivity index (χ4v) is 2.45. The summed E-state index contributed by atoms with van der Waals surface area (Å²) in [5.74, 6) is -0.832. The van der Waals surface area contributed by atoms with Gasteiger partial charge in [0.15, 0.2) is 11.6 Å². The van der Waals surface area contributed by atoms with Gasteiger partial charge in [0.1, 0.15) is 18.1 Å². The maximum atomic E-state index is 14.6. The highest BCUT2D eigenvalue weighted by molar-refractivity contribution is 6.31. The SMILES string of the molecule is N#Cc1cc(-c2ncnc(NCC(=O)N3CCC3)c2F)ccc1Cl. The van der Waals surface area contributed by atoms with Crippen LogP contribution in [-0.4, -0.2) is 40.4 Å². The van der Waals surface area contributed by atoms with Crippen molar-refractivity contribution in [1.82, 2.24) is 14.9 Å². The van der Waals surface area contributed by atoms with E-state index in [0.29, 0.717) is 5.56 Å². The summed E-state index contributed by atoms with van der Waals surface area (Å²) >= 11 is 5.88. The third-order valence-electron chi connectivity index (χ3n) is 3.77. The van der Waals surface area contributed by atoms with Crippen molar-refractivity contribution in [3.8, 4) is 17.3 Å². The Bertz CT molecular complexity index is 832. The van der Waals surface area contributed by atoms with E-state index in [0.717, 1.165) is 19.5 Å². The summed E-state index contributed by atoms with van der Waals surface area (Å²) in [7, 11) is 0. The molecule has 1 N–H and O–H groups in total. The normalized spacial score (nSPS) is 13.1. The van der Waals surface area contributed by atoms with Gasteiger partial charge in [-0.3, -0.25) is 4.79 Å². The van der Waals surface area contributed by atoms with Crippen LogP contribution in [0.4, 0.5) is 10.2 Å². The molecule has 1 saturated heterocycles. The molecule has 2 aromatic rings. The number of carbonyl (C=O) groups excluding carboxylic acids is 1. The molecule has 1 fully saturated rings. The molecule has 8 heteroatoms. The molecule has 1 aromatic carbocycles. The topological polar surface area (TPSA) is 81.9 Å². The number of hydrogen-bond acceptors (Lipinski definition) is 5. The lowest BCUT2D eigenvalue weighted by Crippen LogP contribution is -2.44. The summed E-state index contributed by atoms with van der Waals surface area (Å²) in [6.45, 7) is 1.44. The lowest BCUT2D eigenvalue weighted by atomic mass is 10.1. The average molecular weight is 346 g/mol. The first-order valence-electron chi connectivity index (χ1n) is 7.32. The van der Waals surface area contributed by atoms with Crippen molar-refractivity contribution in [3.63, 3.8) is 0 Å². The summed E-state index contributed by atoms with van der Waals surface area (Å²) in [5, 5.41) is 12.0. The Hall–Kier alpha value is -2.72. The van der Waals surface area contributed by atoms with Crippen LogP contribution in [0.1, 0.15) is 12.0 Å². The number of likely N-dealkylation sites (tertiary alicyclic amines) is 1. The Labute approximate surface area is 142 Å². The van der Waals surface area contributed by atoms with E-state index in [-0.39, 0.29) is 34.5 Å². The lowest BCUT2D eigenvalue weighted by molar-refractivity contribution is -0.132. The predicted molar refractivity (Wildman–Crippen MR) is 86.8 cm³/mol. The standard InChI is InChI=1S/C16H13ClFN5O/c17-12-3-2-10(6-11(12)7-19)15-14(18)16(22-9-21-15)20-8-13(24)23-4-1-5-23/h2-3,6,9H,1,4-5,8H2,(H,20,21,22). The molecule has 122 valence electrons. The fraction of sp³-hybridized carbons (Fsp3) is 0.250. The van der Waals surface area contributed by atoms with Gasteiger partial charge in [-0.05, 0) is 18.6 Å². The quantitative estimate of drug-likeness (QED) is 0.920. The zero-order valence-electron chi connectivity index (χ0n) is 12.6. The van der Waals surface area contributed by atoms with E-state index in [1.54, 1.807) is 11.0 Å². The fourth-order valence-electron chi connectivity index (χ4n) is 2.29. The zero-order chi connectivity index (χ0) is 17.1.